The molecule has 1 unspecified atom stereocenters. The van der Waals surface area contributed by atoms with E-state index in [-0.39, 0.29) is 11.9 Å². The average Bonchev–Trinajstić information content (AvgIpc) is 3.09. The SMILES string of the molecule is Cc1ccc(-c2[nH]ncc2CNCC(c2ccc(F)cc2)N(C)C)cc1. The molecule has 136 valence electrons. The molecule has 1 heterocycles. The van der Waals surface area contributed by atoms with Crippen LogP contribution < -0.4 is 5.32 Å². The van der Waals surface area contributed by atoms with Gasteiger partial charge in [-0.25, -0.2) is 4.39 Å². The van der Waals surface area contributed by atoms with Crippen molar-refractivity contribution in [3.63, 3.8) is 0 Å². The predicted octanol–water partition coefficient (Wildman–Crippen LogP) is 3.92. The Morgan fingerprint density at radius 3 is 2.42 bits per heavy atom. The Labute approximate surface area is 154 Å². The molecule has 0 saturated carbocycles. The number of aromatic amines is 1. The molecule has 2 aromatic carbocycles. The van der Waals surface area contributed by atoms with Gasteiger partial charge in [0.05, 0.1) is 11.9 Å². The number of likely N-dealkylation sites (N-methyl/N-ethyl adjacent to an activating group) is 1. The van der Waals surface area contributed by atoms with Crippen LogP contribution in [-0.4, -0.2) is 35.7 Å². The monoisotopic (exact) mass is 352 g/mol. The third kappa shape index (κ3) is 4.36. The molecule has 4 nitrogen and oxygen atoms in total. The van der Waals surface area contributed by atoms with Gasteiger partial charge in [0, 0.05) is 24.7 Å². The summed E-state index contributed by atoms with van der Waals surface area (Å²) in [6.07, 6.45) is 1.87. The first kappa shape index (κ1) is 18.3. The van der Waals surface area contributed by atoms with Gasteiger partial charge in [0.2, 0.25) is 0 Å². The van der Waals surface area contributed by atoms with Crippen molar-refractivity contribution in [2.75, 3.05) is 20.6 Å². The van der Waals surface area contributed by atoms with E-state index < -0.39 is 0 Å². The third-order valence-corrected chi connectivity index (χ3v) is 4.59. The molecule has 0 fully saturated rings. The van der Waals surface area contributed by atoms with E-state index in [1.165, 1.54) is 17.7 Å². The molecular weight excluding hydrogens is 327 g/mol. The molecule has 5 heteroatoms. The highest BCUT2D eigenvalue weighted by Gasteiger charge is 2.14. The quantitative estimate of drug-likeness (QED) is 0.677. The van der Waals surface area contributed by atoms with Gasteiger partial charge in [-0.1, -0.05) is 42.0 Å². The molecule has 3 aromatic rings. The number of halogens is 1. The molecule has 1 aromatic heterocycles. The van der Waals surface area contributed by atoms with E-state index in [4.69, 9.17) is 0 Å². The van der Waals surface area contributed by atoms with Gasteiger partial charge in [0.25, 0.3) is 0 Å². The summed E-state index contributed by atoms with van der Waals surface area (Å²) in [6, 6.07) is 15.3. The van der Waals surface area contributed by atoms with Gasteiger partial charge in [-0.2, -0.15) is 5.10 Å². The highest BCUT2D eigenvalue weighted by atomic mass is 19.1. The Balaban J connectivity index is 1.66. The van der Waals surface area contributed by atoms with Gasteiger partial charge in [-0.3, -0.25) is 5.10 Å². The van der Waals surface area contributed by atoms with Crippen LogP contribution >= 0.6 is 0 Å². The number of hydrogen-bond donors (Lipinski definition) is 2. The molecule has 0 aliphatic heterocycles. The summed E-state index contributed by atoms with van der Waals surface area (Å²) in [5.74, 6) is -0.208. The van der Waals surface area contributed by atoms with E-state index in [1.807, 2.05) is 32.4 Å². The van der Waals surface area contributed by atoms with E-state index in [1.54, 1.807) is 0 Å². The molecule has 0 aliphatic carbocycles. The fraction of sp³-hybridized carbons (Fsp3) is 0.286. The van der Waals surface area contributed by atoms with Crippen molar-refractivity contribution in [1.82, 2.24) is 20.4 Å². The maximum Gasteiger partial charge on any atom is 0.123 e. The molecule has 1 atom stereocenters. The molecule has 0 amide bonds. The lowest BCUT2D eigenvalue weighted by Gasteiger charge is -2.25. The van der Waals surface area contributed by atoms with Crippen LogP contribution in [0.25, 0.3) is 11.3 Å². The highest BCUT2D eigenvalue weighted by Crippen LogP contribution is 2.22. The third-order valence-electron chi connectivity index (χ3n) is 4.59. The van der Waals surface area contributed by atoms with E-state index >= 15 is 0 Å². The van der Waals surface area contributed by atoms with Crippen LogP contribution in [0.4, 0.5) is 4.39 Å². The standard InChI is InChI=1S/C21H25FN4/c1-15-4-6-17(7-5-15)21-18(13-24-25-21)12-23-14-20(26(2)3)16-8-10-19(22)11-9-16/h4-11,13,20,23H,12,14H2,1-3H3,(H,24,25). The minimum atomic E-state index is -0.208. The maximum atomic E-state index is 13.2. The summed E-state index contributed by atoms with van der Waals surface area (Å²) >= 11 is 0. The van der Waals surface area contributed by atoms with Crippen LogP contribution in [0, 0.1) is 12.7 Å². The number of aromatic nitrogens is 2. The second-order valence-electron chi connectivity index (χ2n) is 6.80. The van der Waals surface area contributed by atoms with Gasteiger partial charge < -0.3 is 10.2 Å². The van der Waals surface area contributed by atoms with Crippen molar-refractivity contribution in [3.05, 3.63) is 77.2 Å². The van der Waals surface area contributed by atoms with Crippen molar-refractivity contribution < 1.29 is 4.39 Å². The van der Waals surface area contributed by atoms with E-state index in [0.29, 0.717) is 6.54 Å². The van der Waals surface area contributed by atoms with Crippen molar-refractivity contribution in [2.45, 2.75) is 19.5 Å². The van der Waals surface area contributed by atoms with Gasteiger partial charge in [-0.15, -0.1) is 0 Å². The largest absolute Gasteiger partial charge is 0.311 e. The number of nitrogens with one attached hydrogen (secondary N) is 2. The normalized spacial score (nSPS) is 12.5. The smallest absolute Gasteiger partial charge is 0.123 e. The number of H-pyrrole nitrogens is 1. The van der Waals surface area contributed by atoms with Crippen LogP contribution in [0.5, 0.6) is 0 Å². The molecule has 0 aliphatic rings. The molecule has 26 heavy (non-hydrogen) atoms. The number of benzene rings is 2. The lowest BCUT2D eigenvalue weighted by Crippen LogP contribution is -2.30. The average molecular weight is 352 g/mol. The van der Waals surface area contributed by atoms with Crippen molar-refractivity contribution in [3.8, 4) is 11.3 Å². The van der Waals surface area contributed by atoms with Gasteiger partial charge in [-0.05, 0) is 44.3 Å². The number of aryl methyl sites for hydroxylation is 1. The summed E-state index contributed by atoms with van der Waals surface area (Å²) < 4.78 is 13.2. The minimum Gasteiger partial charge on any atom is -0.311 e. The first-order valence-corrected chi connectivity index (χ1v) is 8.76. The van der Waals surface area contributed by atoms with E-state index in [0.717, 1.165) is 28.9 Å². The van der Waals surface area contributed by atoms with Gasteiger partial charge >= 0.3 is 0 Å². The Kier molecular flexibility index (Phi) is 5.81. The topological polar surface area (TPSA) is 44.0 Å². The van der Waals surface area contributed by atoms with E-state index in [2.05, 4.69) is 51.6 Å². The second-order valence-corrected chi connectivity index (χ2v) is 6.80. The lowest BCUT2D eigenvalue weighted by atomic mass is 10.0. The molecule has 0 bridgehead atoms. The summed E-state index contributed by atoms with van der Waals surface area (Å²) in [6.45, 7) is 3.55. The second kappa shape index (κ2) is 8.25. The maximum absolute atomic E-state index is 13.2. The molecule has 0 spiro atoms. The molecule has 0 radical (unpaired) electrons. The van der Waals surface area contributed by atoms with Crippen molar-refractivity contribution in [2.24, 2.45) is 0 Å². The number of nitrogens with zero attached hydrogens (tertiary/aromatic N) is 2. The summed E-state index contributed by atoms with van der Waals surface area (Å²) in [5.41, 5.74) is 5.63. The van der Waals surface area contributed by atoms with Crippen LogP contribution in [0.2, 0.25) is 0 Å². The number of hydrogen-bond acceptors (Lipinski definition) is 3. The summed E-state index contributed by atoms with van der Waals surface area (Å²) in [4.78, 5) is 2.14. The van der Waals surface area contributed by atoms with Crippen molar-refractivity contribution >= 4 is 0 Å². The first-order chi connectivity index (χ1) is 12.5. The highest BCUT2D eigenvalue weighted by molar-refractivity contribution is 5.62. The van der Waals surface area contributed by atoms with Crippen molar-refractivity contribution in [1.29, 1.82) is 0 Å². The number of rotatable bonds is 7. The molecular formula is C21H25FN4. The van der Waals surface area contributed by atoms with Gasteiger partial charge in [0.1, 0.15) is 5.82 Å². The van der Waals surface area contributed by atoms with Crippen LogP contribution in [-0.2, 0) is 6.54 Å². The Morgan fingerprint density at radius 2 is 1.77 bits per heavy atom. The Hall–Kier alpha value is -2.50. The summed E-state index contributed by atoms with van der Waals surface area (Å²) in [7, 11) is 4.07. The van der Waals surface area contributed by atoms with Crippen LogP contribution in [0.3, 0.4) is 0 Å². The Bertz CT molecular complexity index is 822. The van der Waals surface area contributed by atoms with Crippen LogP contribution in [0.1, 0.15) is 22.7 Å². The zero-order chi connectivity index (χ0) is 18.5. The fourth-order valence-electron chi connectivity index (χ4n) is 3.04. The Morgan fingerprint density at radius 1 is 1.08 bits per heavy atom. The van der Waals surface area contributed by atoms with E-state index in [9.17, 15) is 4.39 Å². The first-order valence-electron chi connectivity index (χ1n) is 8.76. The zero-order valence-electron chi connectivity index (χ0n) is 15.5. The molecule has 2 N–H and O–H groups in total. The van der Waals surface area contributed by atoms with Gasteiger partial charge in [0.15, 0.2) is 0 Å². The fourth-order valence-corrected chi connectivity index (χ4v) is 3.04. The predicted molar refractivity (Wildman–Crippen MR) is 103 cm³/mol. The zero-order valence-corrected chi connectivity index (χ0v) is 15.5. The molecule has 3 rings (SSSR count). The van der Waals surface area contributed by atoms with Crippen LogP contribution in [0.15, 0.2) is 54.7 Å². The molecule has 0 saturated heterocycles. The summed E-state index contributed by atoms with van der Waals surface area (Å²) in [5, 5.41) is 10.8. The lowest BCUT2D eigenvalue weighted by molar-refractivity contribution is 0.288. The minimum absolute atomic E-state index is 0.172.